The van der Waals surface area contributed by atoms with Crippen molar-refractivity contribution >= 4 is 16.7 Å². The van der Waals surface area contributed by atoms with Crippen molar-refractivity contribution in [1.29, 1.82) is 0 Å². The third kappa shape index (κ3) is 5.25. The maximum Gasteiger partial charge on any atom is 0.324 e. The number of hydrogen-bond donors (Lipinski definition) is 1. The third-order valence-corrected chi connectivity index (χ3v) is 5.16. The van der Waals surface area contributed by atoms with Crippen molar-refractivity contribution in [2.45, 2.75) is 12.3 Å². The number of allylic oxidation sites excluding steroid dienone is 1. The second kappa shape index (κ2) is 10.3. The fourth-order valence-electron chi connectivity index (χ4n) is 3.33. The van der Waals surface area contributed by atoms with Gasteiger partial charge in [-0.3, -0.25) is 0 Å². The predicted molar refractivity (Wildman–Crippen MR) is 121 cm³/mol. The summed E-state index contributed by atoms with van der Waals surface area (Å²) in [5, 5.41) is 2.83. The quantitative estimate of drug-likeness (QED) is 0.172. The molecule has 192 valence electrons. The van der Waals surface area contributed by atoms with Gasteiger partial charge in [0, 0.05) is 6.54 Å². The standard InChI is InChI=1S/C24H17F6N5O2/c1-3-24(29,30)23-34-20(28)18(27)22(35-23)37-15-7-4-12(10-16(15)36-2)8-9-31-21-17-13(25)5-6-14(26)19(17)32-11-33-21/h3-7,10-11H,1,8-9H2,2H3,(H,31,32,33). The van der Waals surface area contributed by atoms with Gasteiger partial charge in [0.15, 0.2) is 11.5 Å². The number of alkyl halides is 2. The van der Waals surface area contributed by atoms with Crippen molar-refractivity contribution in [2.24, 2.45) is 0 Å². The van der Waals surface area contributed by atoms with Crippen molar-refractivity contribution in [1.82, 2.24) is 19.9 Å². The lowest BCUT2D eigenvalue weighted by atomic mass is 10.1. The predicted octanol–water partition coefficient (Wildman–Crippen LogP) is 5.71. The normalized spacial score (nSPS) is 11.4. The molecular weight excluding hydrogens is 504 g/mol. The van der Waals surface area contributed by atoms with Gasteiger partial charge >= 0.3 is 5.92 Å². The molecule has 0 aliphatic carbocycles. The molecule has 0 amide bonds. The number of halogens is 6. The van der Waals surface area contributed by atoms with Crippen LogP contribution in [-0.4, -0.2) is 33.6 Å². The van der Waals surface area contributed by atoms with Crippen molar-refractivity contribution in [2.75, 3.05) is 19.0 Å². The molecule has 13 heteroatoms. The summed E-state index contributed by atoms with van der Waals surface area (Å²) in [6, 6.07) is 6.34. The van der Waals surface area contributed by atoms with E-state index in [4.69, 9.17) is 9.47 Å². The summed E-state index contributed by atoms with van der Waals surface area (Å²) in [6.07, 6.45) is 1.63. The van der Waals surface area contributed by atoms with E-state index in [1.165, 1.54) is 19.2 Å². The summed E-state index contributed by atoms with van der Waals surface area (Å²) in [6.45, 7) is 3.16. The zero-order valence-corrected chi connectivity index (χ0v) is 19.0. The van der Waals surface area contributed by atoms with Crippen LogP contribution in [0.3, 0.4) is 0 Å². The first kappa shape index (κ1) is 25.7. The Labute approximate surface area is 205 Å². The molecule has 1 N–H and O–H groups in total. The average molecular weight is 521 g/mol. The maximum atomic E-state index is 14.2. The monoisotopic (exact) mass is 521 g/mol. The topological polar surface area (TPSA) is 82.0 Å². The number of anilines is 1. The molecule has 0 aliphatic heterocycles. The molecule has 0 fully saturated rings. The van der Waals surface area contributed by atoms with Crippen LogP contribution in [0.1, 0.15) is 11.4 Å². The van der Waals surface area contributed by atoms with Crippen LogP contribution in [0.4, 0.5) is 32.2 Å². The van der Waals surface area contributed by atoms with Gasteiger partial charge in [0.05, 0.1) is 12.5 Å². The van der Waals surface area contributed by atoms with Crippen molar-refractivity contribution < 1.29 is 35.8 Å². The SMILES string of the molecule is C=CC(F)(F)c1nc(F)c(F)c(Oc2ccc(CCNc3ncnc4c(F)ccc(F)c34)cc2OC)n1. The summed E-state index contributed by atoms with van der Waals surface area (Å²) >= 11 is 0. The van der Waals surface area contributed by atoms with Gasteiger partial charge in [0.1, 0.15) is 29.3 Å². The lowest BCUT2D eigenvalue weighted by molar-refractivity contribution is 0.0401. The van der Waals surface area contributed by atoms with Gasteiger partial charge < -0.3 is 14.8 Å². The first-order valence-electron chi connectivity index (χ1n) is 10.6. The summed E-state index contributed by atoms with van der Waals surface area (Å²) in [5.41, 5.74) is 0.498. The highest BCUT2D eigenvalue weighted by molar-refractivity contribution is 5.89. The van der Waals surface area contributed by atoms with E-state index in [1.807, 2.05) is 0 Å². The Morgan fingerprint density at radius 3 is 2.49 bits per heavy atom. The highest BCUT2D eigenvalue weighted by atomic mass is 19.3. The van der Waals surface area contributed by atoms with E-state index in [2.05, 4.69) is 31.8 Å². The highest BCUT2D eigenvalue weighted by Crippen LogP contribution is 2.35. The number of methoxy groups -OCH3 is 1. The van der Waals surface area contributed by atoms with Crippen LogP contribution in [0.5, 0.6) is 17.4 Å². The fraction of sp³-hybridized carbons (Fsp3) is 0.167. The van der Waals surface area contributed by atoms with Crippen LogP contribution in [0, 0.1) is 23.4 Å². The number of nitrogens with zero attached hydrogens (tertiary/aromatic N) is 4. The van der Waals surface area contributed by atoms with E-state index in [0.717, 1.165) is 18.5 Å². The number of nitrogens with one attached hydrogen (secondary N) is 1. The summed E-state index contributed by atoms with van der Waals surface area (Å²) < 4.78 is 94.2. The molecule has 0 atom stereocenters. The van der Waals surface area contributed by atoms with Crippen LogP contribution in [-0.2, 0) is 12.3 Å². The Morgan fingerprint density at radius 2 is 1.76 bits per heavy atom. The molecule has 2 aromatic heterocycles. The fourth-order valence-corrected chi connectivity index (χ4v) is 3.33. The maximum absolute atomic E-state index is 14.2. The van der Waals surface area contributed by atoms with Crippen LogP contribution in [0.15, 0.2) is 49.3 Å². The Balaban J connectivity index is 1.52. The van der Waals surface area contributed by atoms with Gasteiger partial charge in [0.2, 0.25) is 11.6 Å². The molecule has 0 unspecified atom stereocenters. The molecule has 2 aromatic carbocycles. The number of aromatic nitrogens is 4. The Kier molecular flexibility index (Phi) is 7.14. The average Bonchev–Trinajstić information content (AvgIpc) is 2.89. The molecule has 0 saturated heterocycles. The van der Waals surface area contributed by atoms with E-state index in [1.54, 1.807) is 6.07 Å². The molecule has 0 spiro atoms. The van der Waals surface area contributed by atoms with Gasteiger partial charge in [0.25, 0.3) is 11.8 Å². The number of fused-ring (bicyclic) bond motifs is 1. The first-order chi connectivity index (χ1) is 17.6. The summed E-state index contributed by atoms with van der Waals surface area (Å²) in [4.78, 5) is 13.8. The number of hydrogen-bond acceptors (Lipinski definition) is 7. The Morgan fingerprint density at radius 1 is 1.00 bits per heavy atom. The van der Waals surface area contributed by atoms with Crippen molar-refractivity contribution in [3.63, 3.8) is 0 Å². The van der Waals surface area contributed by atoms with Crippen LogP contribution in [0.25, 0.3) is 10.9 Å². The van der Waals surface area contributed by atoms with E-state index in [-0.39, 0.29) is 40.8 Å². The minimum atomic E-state index is -3.82. The molecule has 37 heavy (non-hydrogen) atoms. The van der Waals surface area contributed by atoms with Crippen LogP contribution >= 0.6 is 0 Å². The summed E-state index contributed by atoms with van der Waals surface area (Å²) in [5.74, 6) is -11.1. The molecule has 7 nitrogen and oxygen atoms in total. The molecule has 0 saturated carbocycles. The van der Waals surface area contributed by atoms with Gasteiger partial charge in [-0.05, 0) is 42.3 Å². The largest absolute Gasteiger partial charge is 0.493 e. The number of rotatable bonds is 9. The first-order valence-corrected chi connectivity index (χ1v) is 10.6. The second-order valence-corrected chi connectivity index (χ2v) is 7.52. The van der Waals surface area contributed by atoms with E-state index < -0.39 is 41.0 Å². The number of benzene rings is 2. The highest BCUT2D eigenvalue weighted by Gasteiger charge is 2.34. The van der Waals surface area contributed by atoms with E-state index in [0.29, 0.717) is 12.0 Å². The molecule has 4 aromatic rings. The Hall–Kier alpha value is -4.42. The molecule has 4 rings (SSSR count). The van der Waals surface area contributed by atoms with Crippen molar-refractivity contribution in [3.05, 3.63) is 84.1 Å². The van der Waals surface area contributed by atoms with Crippen LogP contribution < -0.4 is 14.8 Å². The number of ether oxygens (including phenoxy) is 2. The zero-order valence-electron chi connectivity index (χ0n) is 19.0. The lowest BCUT2D eigenvalue weighted by Gasteiger charge is -2.15. The van der Waals surface area contributed by atoms with Gasteiger partial charge in [-0.1, -0.05) is 12.6 Å². The van der Waals surface area contributed by atoms with Crippen LogP contribution in [0.2, 0.25) is 0 Å². The molecule has 0 aliphatic rings. The zero-order chi connectivity index (χ0) is 26.7. The van der Waals surface area contributed by atoms with E-state index in [9.17, 15) is 26.3 Å². The third-order valence-electron chi connectivity index (χ3n) is 5.16. The second-order valence-electron chi connectivity index (χ2n) is 7.52. The van der Waals surface area contributed by atoms with E-state index >= 15 is 0 Å². The molecule has 0 bridgehead atoms. The molecule has 0 radical (unpaired) electrons. The minimum absolute atomic E-state index is 0.0635. The summed E-state index contributed by atoms with van der Waals surface area (Å²) in [7, 11) is 1.28. The van der Waals surface area contributed by atoms with Gasteiger partial charge in [-0.2, -0.15) is 27.5 Å². The van der Waals surface area contributed by atoms with Gasteiger partial charge in [-0.25, -0.2) is 18.7 Å². The lowest BCUT2D eigenvalue weighted by Crippen LogP contribution is -2.17. The smallest absolute Gasteiger partial charge is 0.324 e. The molecular formula is C24H17F6N5O2. The van der Waals surface area contributed by atoms with Gasteiger partial charge in [-0.15, -0.1) is 0 Å². The minimum Gasteiger partial charge on any atom is -0.493 e. The van der Waals surface area contributed by atoms with Crippen molar-refractivity contribution in [3.8, 4) is 17.4 Å². The Bertz CT molecular complexity index is 1480. The molecule has 2 heterocycles.